The third-order valence-electron chi connectivity index (χ3n) is 3.11. The number of rotatable bonds is 4. The molecule has 2 heterocycles. The van der Waals surface area contributed by atoms with Crippen LogP contribution in [0.15, 0.2) is 18.2 Å². The molecule has 0 amide bonds. The third kappa shape index (κ3) is 2.94. The molecule has 2 rings (SSSR count). The first-order valence-electron chi connectivity index (χ1n) is 5.72. The summed E-state index contributed by atoms with van der Waals surface area (Å²) in [6.07, 6.45) is 0.280. The lowest BCUT2D eigenvalue weighted by Crippen LogP contribution is -2.27. The van der Waals surface area contributed by atoms with E-state index < -0.39 is 0 Å². The third-order valence-corrected chi connectivity index (χ3v) is 3.11. The number of anilines is 1. The lowest BCUT2D eigenvalue weighted by atomic mass is 10.3. The Morgan fingerprint density at radius 2 is 1.94 bits per heavy atom. The van der Waals surface area contributed by atoms with Gasteiger partial charge in [0.25, 0.3) is 0 Å². The number of hydrogen-bond acceptors (Lipinski definition) is 5. The van der Waals surface area contributed by atoms with E-state index in [0.717, 1.165) is 25.3 Å². The van der Waals surface area contributed by atoms with E-state index in [1.807, 2.05) is 12.1 Å². The summed E-state index contributed by atoms with van der Waals surface area (Å²) >= 11 is 0. The average molecular weight is 237 g/mol. The summed E-state index contributed by atoms with van der Waals surface area (Å²) in [5.41, 5.74) is 6.64. The maximum Gasteiger partial charge on any atom is 0.123 e. The molecular formula is C12H19N3O2. The fourth-order valence-corrected chi connectivity index (χ4v) is 2.22. The standard InChI is InChI=1S/C12H19N3O2/c1-16-10-7-15(8-11(10)17-2)6-9-4-3-5-12(13)14-9/h3-5,10-11H,6-8H2,1-2H3,(H2,13,14). The van der Waals surface area contributed by atoms with Crippen LogP contribution in [0.4, 0.5) is 5.82 Å². The summed E-state index contributed by atoms with van der Waals surface area (Å²) in [5.74, 6) is 0.563. The Morgan fingerprint density at radius 3 is 2.47 bits per heavy atom. The monoisotopic (exact) mass is 237 g/mol. The molecule has 0 radical (unpaired) electrons. The van der Waals surface area contributed by atoms with Crippen molar-refractivity contribution in [3.63, 3.8) is 0 Å². The topological polar surface area (TPSA) is 60.6 Å². The fraction of sp³-hybridized carbons (Fsp3) is 0.583. The van der Waals surface area contributed by atoms with Crippen molar-refractivity contribution in [1.29, 1.82) is 0 Å². The lowest BCUT2D eigenvalue weighted by molar-refractivity contribution is -0.00461. The van der Waals surface area contributed by atoms with Gasteiger partial charge in [-0.2, -0.15) is 0 Å². The van der Waals surface area contributed by atoms with E-state index in [9.17, 15) is 0 Å². The minimum absolute atomic E-state index is 0.140. The zero-order chi connectivity index (χ0) is 12.3. The number of aromatic nitrogens is 1. The minimum atomic E-state index is 0.140. The predicted octanol–water partition coefficient (Wildman–Crippen LogP) is 0.509. The molecule has 2 N–H and O–H groups in total. The first-order valence-corrected chi connectivity index (χ1v) is 5.72. The number of methoxy groups -OCH3 is 2. The summed E-state index contributed by atoms with van der Waals surface area (Å²) in [7, 11) is 3.44. The van der Waals surface area contributed by atoms with Crippen LogP contribution in [0, 0.1) is 0 Å². The van der Waals surface area contributed by atoms with Gasteiger partial charge in [-0.3, -0.25) is 4.90 Å². The summed E-state index contributed by atoms with van der Waals surface area (Å²) in [4.78, 5) is 6.56. The van der Waals surface area contributed by atoms with E-state index in [0.29, 0.717) is 5.82 Å². The van der Waals surface area contributed by atoms with Crippen LogP contribution in [-0.4, -0.2) is 49.4 Å². The summed E-state index contributed by atoms with van der Waals surface area (Å²) in [6, 6.07) is 5.71. The molecule has 5 heteroatoms. The molecule has 1 aliphatic rings. The second-order valence-electron chi connectivity index (χ2n) is 4.30. The van der Waals surface area contributed by atoms with Crippen molar-refractivity contribution in [2.45, 2.75) is 18.8 Å². The van der Waals surface area contributed by atoms with Crippen molar-refractivity contribution >= 4 is 5.82 Å². The number of nitrogens with zero attached hydrogens (tertiary/aromatic N) is 2. The molecule has 2 unspecified atom stereocenters. The SMILES string of the molecule is COC1CN(Cc2cccc(N)n2)CC1OC. The molecule has 1 saturated heterocycles. The van der Waals surface area contributed by atoms with Crippen molar-refractivity contribution in [3.8, 4) is 0 Å². The van der Waals surface area contributed by atoms with Crippen LogP contribution in [-0.2, 0) is 16.0 Å². The van der Waals surface area contributed by atoms with Gasteiger partial charge in [-0.25, -0.2) is 4.98 Å². The van der Waals surface area contributed by atoms with Crippen LogP contribution < -0.4 is 5.73 Å². The average Bonchev–Trinajstić information content (AvgIpc) is 2.71. The molecule has 17 heavy (non-hydrogen) atoms. The molecule has 0 spiro atoms. The van der Waals surface area contributed by atoms with E-state index in [2.05, 4.69) is 9.88 Å². The molecule has 1 aromatic heterocycles. The molecule has 5 nitrogen and oxygen atoms in total. The summed E-state index contributed by atoms with van der Waals surface area (Å²) < 4.78 is 10.8. The minimum Gasteiger partial charge on any atom is -0.384 e. The van der Waals surface area contributed by atoms with Crippen LogP contribution in [0.5, 0.6) is 0 Å². The van der Waals surface area contributed by atoms with Gasteiger partial charge in [0.15, 0.2) is 0 Å². The highest BCUT2D eigenvalue weighted by atomic mass is 16.5. The Morgan fingerprint density at radius 1 is 1.29 bits per heavy atom. The molecule has 1 fully saturated rings. The highest BCUT2D eigenvalue weighted by Crippen LogP contribution is 2.17. The van der Waals surface area contributed by atoms with E-state index in [-0.39, 0.29) is 12.2 Å². The largest absolute Gasteiger partial charge is 0.384 e. The van der Waals surface area contributed by atoms with Crippen molar-refractivity contribution in [2.75, 3.05) is 33.0 Å². The van der Waals surface area contributed by atoms with Crippen molar-refractivity contribution < 1.29 is 9.47 Å². The maximum absolute atomic E-state index is 5.66. The zero-order valence-corrected chi connectivity index (χ0v) is 10.3. The number of ether oxygens (including phenoxy) is 2. The van der Waals surface area contributed by atoms with E-state index in [1.54, 1.807) is 20.3 Å². The molecule has 0 saturated carbocycles. The number of hydrogen-bond donors (Lipinski definition) is 1. The van der Waals surface area contributed by atoms with Crippen LogP contribution in [0.2, 0.25) is 0 Å². The quantitative estimate of drug-likeness (QED) is 0.826. The van der Waals surface area contributed by atoms with E-state index in [4.69, 9.17) is 15.2 Å². The second kappa shape index (κ2) is 5.44. The normalized spacial score (nSPS) is 25.3. The molecule has 2 atom stereocenters. The van der Waals surface area contributed by atoms with Gasteiger partial charge in [-0.15, -0.1) is 0 Å². The first-order chi connectivity index (χ1) is 8.22. The highest BCUT2D eigenvalue weighted by molar-refractivity contribution is 5.28. The van der Waals surface area contributed by atoms with Crippen molar-refractivity contribution in [1.82, 2.24) is 9.88 Å². The van der Waals surface area contributed by atoms with Gasteiger partial charge < -0.3 is 15.2 Å². The highest BCUT2D eigenvalue weighted by Gasteiger charge is 2.32. The summed E-state index contributed by atoms with van der Waals surface area (Å²) in [6.45, 7) is 2.52. The van der Waals surface area contributed by atoms with Crippen LogP contribution in [0.3, 0.4) is 0 Å². The van der Waals surface area contributed by atoms with Crippen LogP contribution in [0.1, 0.15) is 5.69 Å². The second-order valence-corrected chi connectivity index (χ2v) is 4.30. The number of nitrogen functional groups attached to an aromatic ring is 1. The molecular weight excluding hydrogens is 218 g/mol. The first kappa shape index (κ1) is 12.3. The zero-order valence-electron chi connectivity index (χ0n) is 10.3. The number of nitrogens with two attached hydrogens (primary N) is 1. The fourth-order valence-electron chi connectivity index (χ4n) is 2.22. The lowest BCUT2D eigenvalue weighted by Gasteiger charge is -2.14. The Hall–Kier alpha value is -1.17. The predicted molar refractivity (Wildman–Crippen MR) is 65.5 cm³/mol. The van der Waals surface area contributed by atoms with Gasteiger partial charge in [-0.1, -0.05) is 6.07 Å². The van der Waals surface area contributed by atoms with Gasteiger partial charge in [0, 0.05) is 33.9 Å². The molecule has 1 aliphatic heterocycles. The van der Waals surface area contributed by atoms with Gasteiger partial charge in [0.2, 0.25) is 0 Å². The Labute approximate surface area is 102 Å². The molecule has 94 valence electrons. The Kier molecular flexibility index (Phi) is 3.93. The number of likely N-dealkylation sites (tertiary alicyclic amines) is 1. The van der Waals surface area contributed by atoms with Gasteiger partial charge >= 0.3 is 0 Å². The van der Waals surface area contributed by atoms with Crippen LogP contribution >= 0.6 is 0 Å². The summed E-state index contributed by atoms with van der Waals surface area (Å²) in [5, 5.41) is 0. The smallest absolute Gasteiger partial charge is 0.123 e. The van der Waals surface area contributed by atoms with Crippen molar-refractivity contribution in [2.24, 2.45) is 0 Å². The van der Waals surface area contributed by atoms with E-state index in [1.165, 1.54) is 0 Å². The van der Waals surface area contributed by atoms with Gasteiger partial charge in [0.05, 0.1) is 17.9 Å². The van der Waals surface area contributed by atoms with Gasteiger partial charge in [-0.05, 0) is 12.1 Å². The van der Waals surface area contributed by atoms with Gasteiger partial charge in [0.1, 0.15) is 5.82 Å². The Bertz CT molecular complexity index is 361. The van der Waals surface area contributed by atoms with Crippen molar-refractivity contribution in [3.05, 3.63) is 23.9 Å². The molecule has 0 bridgehead atoms. The Balaban J connectivity index is 1.97. The number of pyridine rings is 1. The van der Waals surface area contributed by atoms with E-state index >= 15 is 0 Å². The maximum atomic E-state index is 5.66. The molecule has 1 aromatic rings. The molecule has 0 aromatic carbocycles. The van der Waals surface area contributed by atoms with Crippen LogP contribution in [0.25, 0.3) is 0 Å². The molecule has 0 aliphatic carbocycles.